The number of esters is 1. The summed E-state index contributed by atoms with van der Waals surface area (Å²) in [7, 11) is -3.26. The zero-order valence-corrected chi connectivity index (χ0v) is 20.8. The van der Waals surface area contributed by atoms with Crippen molar-refractivity contribution in [2.75, 3.05) is 37.8 Å². The molecule has 1 fully saturated rings. The molecule has 0 spiro atoms. The van der Waals surface area contributed by atoms with Crippen LogP contribution in [0.1, 0.15) is 69.4 Å². The minimum Gasteiger partial charge on any atom is -0.493 e. The molecule has 0 saturated heterocycles. The Balaban J connectivity index is 1.77. The first-order valence-electron chi connectivity index (χ1n) is 11.9. The Kier molecular flexibility index (Phi) is 11.1. The molecule has 0 amide bonds. The molecular weight excluding hydrogens is 471 g/mol. The molecule has 0 aliphatic heterocycles. The summed E-state index contributed by atoms with van der Waals surface area (Å²) in [4.78, 5) is 11.2. The number of rotatable bonds is 16. The Labute approximate surface area is 200 Å². The molecule has 6 nitrogen and oxygen atoms in total. The van der Waals surface area contributed by atoms with E-state index in [9.17, 15) is 26.4 Å². The lowest BCUT2D eigenvalue weighted by Crippen LogP contribution is -2.25. The molecule has 1 aliphatic carbocycles. The molecule has 34 heavy (non-hydrogen) atoms. The third-order valence-corrected chi connectivity index (χ3v) is 7.57. The minimum atomic E-state index is -4.50. The fourth-order valence-corrected chi connectivity index (χ4v) is 5.03. The first-order valence-corrected chi connectivity index (χ1v) is 13.7. The minimum absolute atomic E-state index is 0.0193. The van der Waals surface area contributed by atoms with Gasteiger partial charge in [-0.2, -0.15) is 13.2 Å². The van der Waals surface area contributed by atoms with Gasteiger partial charge >= 0.3 is 12.1 Å². The summed E-state index contributed by atoms with van der Waals surface area (Å²) in [5, 5.41) is 2.96. The second-order valence-electron chi connectivity index (χ2n) is 8.89. The molecule has 1 saturated carbocycles. The number of sulfone groups is 1. The molecule has 0 unspecified atom stereocenters. The highest BCUT2D eigenvalue weighted by molar-refractivity contribution is 7.91. The van der Waals surface area contributed by atoms with E-state index in [0.29, 0.717) is 43.9 Å². The summed E-state index contributed by atoms with van der Waals surface area (Å²) in [5.74, 6) is -0.334. The van der Waals surface area contributed by atoms with Crippen LogP contribution in [0.2, 0.25) is 0 Å². The summed E-state index contributed by atoms with van der Waals surface area (Å²) in [6.07, 6.45) is -0.239. The van der Waals surface area contributed by atoms with Crippen LogP contribution < -0.4 is 10.1 Å². The Morgan fingerprint density at radius 2 is 1.91 bits per heavy atom. The monoisotopic (exact) mass is 507 g/mol. The Hall–Kier alpha value is -1.81. The van der Waals surface area contributed by atoms with Crippen molar-refractivity contribution in [1.82, 2.24) is 5.32 Å². The highest BCUT2D eigenvalue weighted by Gasteiger charge is 2.35. The molecule has 0 heterocycles. The van der Waals surface area contributed by atoms with Gasteiger partial charge in [0.05, 0.1) is 36.8 Å². The van der Waals surface area contributed by atoms with Crippen LogP contribution in [0.3, 0.4) is 0 Å². The summed E-state index contributed by atoms with van der Waals surface area (Å²) < 4.78 is 75.1. The quantitative estimate of drug-likeness (QED) is 0.257. The molecule has 1 aliphatic rings. The molecular formula is C24H36F3NO5S. The van der Waals surface area contributed by atoms with Crippen molar-refractivity contribution >= 4 is 15.8 Å². The summed E-state index contributed by atoms with van der Waals surface area (Å²) in [6.45, 7) is 4.91. The van der Waals surface area contributed by atoms with Crippen molar-refractivity contribution in [2.24, 2.45) is 5.92 Å². The van der Waals surface area contributed by atoms with E-state index >= 15 is 0 Å². The largest absolute Gasteiger partial charge is 0.493 e. The molecule has 2 rings (SSSR count). The normalized spacial score (nSPS) is 15.2. The van der Waals surface area contributed by atoms with Gasteiger partial charge in [-0.3, -0.25) is 4.79 Å². The van der Waals surface area contributed by atoms with E-state index in [1.165, 1.54) is 12.1 Å². The number of carbonyl (C=O) groups is 1. The molecule has 0 aromatic heterocycles. The zero-order chi connectivity index (χ0) is 25.2. The third-order valence-electron chi connectivity index (χ3n) is 5.80. The lowest BCUT2D eigenvalue weighted by Gasteiger charge is -2.18. The SMILES string of the molecule is CCOC(=O)CNCCCCCS(=O)(=O)CC[C@@H](C)c1ccc(C(F)(F)F)c(OCC2CC2)c1. The van der Waals surface area contributed by atoms with Gasteiger partial charge in [0.15, 0.2) is 0 Å². The van der Waals surface area contributed by atoms with Gasteiger partial charge in [0, 0.05) is 0 Å². The van der Waals surface area contributed by atoms with E-state index < -0.39 is 21.6 Å². The van der Waals surface area contributed by atoms with Gasteiger partial charge in [0.1, 0.15) is 15.6 Å². The van der Waals surface area contributed by atoms with Crippen molar-refractivity contribution in [2.45, 2.75) is 64.5 Å². The van der Waals surface area contributed by atoms with E-state index in [0.717, 1.165) is 25.3 Å². The lowest BCUT2D eigenvalue weighted by atomic mass is 9.97. The zero-order valence-electron chi connectivity index (χ0n) is 20.0. The van der Waals surface area contributed by atoms with Crippen molar-refractivity contribution in [1.29, 1.82) is 0 Å². The molecule has 1 aromatic rings. The van der Waals surface area contributed by atoms with Crippen LogP contribution in [-0.2, 0) is 25.5 Å². The number of unbranched alkanes of at least 4 members (excludes halogenated alkanes) is 2. The lowest BCUT2D eigenvalue weighted by molar-refractivity contribution is -0.142. The van der Waals surface area contributed by atoms with Crippen LogP contribution >= 0.6 is 0 Å². The van der Waals surface area contributed by atoms with Crippen LogP contribution in [0, 0.1) is 5.92 Å². The number of nitrogens with one attached hydrogen (secondary N) is 1. The molecule has 0 bridgehead atoms. The molecule has 0 radical (unpaired) electrons. The van der Waals surface area contributed by atoms with Crippen molar-refractivity contribution in [3.05, 3.63) is 29.3 Å². The predicted molar refractivity (Wildman–Crippen MR) is 125 cm³/mol. The molecule has 1 atom stereocenters. The van der Waals surface area contributed by atoms with Gasteiger partial charge in [-0.1, -0.05) is 19.4 Å². The Morgan fingerprint density at radius 1 is 1.18 bits per heavy atom. The molecule has 194 valence electrons. The number of ether oxygens (including phenoxy) is 2. The maximum Gasteiger partial charge on any atom is 0.419 e. The van der Waals surface area contributed by atoms with Gasteiger partial charge in [0.25, 0.3) is 0 Å². The second kappa shape index (κ2) is 13.3. The summed E-state index contributed by atoms with van der Waals surface area (Å²) in [5.41, 5.74) is -0.157. The van der Waals surface area contributed by atoms with E-state index in [1.54, 1.807) is 6.92 Å². The summed E-state index contributed by atoms with van der Waals surface area (Å²) >= 11 is 0. The first kappa shape index (κ1) is 28.4. The summed E-state index contributed by atoms with van der Waals surface area (Å²) in [6, 6.07) is 3.84. The number of hydrogen-bond donors (Lipinski definition) is 1. The highest BCUT2D eigenvalue weighted by atomic mass is 32.2. The fraction of sp³-hybridized carbons (Fsp3) is 0.708. The average Bonchev–Trinajstić information content (AvgIpc) is 3.59. The number of benzene rings is 1. The van der Waals surface area contributed by atoms with E-state index in [-0.39, 0.29) is 42.3 Å². The average molecular weight is 508 g/mol. The van der Waals surface area contributed by atoms with E-state index in [1.807, 2.05) is 6.92 Å². The molecule has 1 aromatic carbocycles. The maximum absolute atomic E-state index is 13.3. The number of carbonyl (C=O) groups excluding carboxylic acids is 1. The van der Waals surface area contributed by atoms with Crippen LogP contribution in [0.25, 0.3) is 0 Å². The van der Waals surface area contributed by atoms with Gasteiger partial charge in [-0.15, -0.1) is 0 Å². The van der Waals surface area contributed by atoms with Crippen LogP contribution in [-0.4, -0.2) is 52.2 Å². The second-order valence-corrected chi connectivity index (χ2v) is 11.2. The Bertz CT molecular complexity index is 885. The smallest absolute Gasteiger partial charge is 0.419 e. The van der Waals surface area contributed by atoms with Crippen molar-refractivity contribution < 1.29 is 35.9 Å². The maximum atomic E-state index is 13.3. The van der Waals surface area contributed by atoms with E-state index in [4.69, 9.17) is 9.47 Å². The third kappa shape index (κ3) is 10.6. The van der Waals surface area contributed by atoms with Gasteiger partial charge in [-0.25, -0.2) is 8.42 Å². The number of hydrogen-bond acceptors (Lipinski definition) is 6. The van der Waals surface area contributed by atoms with Crippen LogP contribution in [0.4, 0.5) is 13.2 Å². The highest BCUT2D eigenvalue weighted by Crippen LogP contribution is 2.39. The van der Waals surface area contributed by atoms with Gasteiger partial charge < -0.3 is 14.8 Å². The van der Waals surface area contributed by atoms with Crippen molar-refractivity contribution in [3.63, 3.8) is 0 Å². The number of halogens is 3. The van der Waals surface area contributed by atoms with Crippen molar-refractivity contribution in [3.8, 4) is 5.75 Å². The standard InChI is InChI=1S/C24H36F3NO5S/c1-3-32-23(29)16-28-12-5-4-6-13-34(30,31)14-11-18(2)20-9-10-21(24(25,26)27)22(15-20)33-17-19-7-8-19/h9-10,15,18-19,28H,3-8,11-14,16-17H2,1-2H3/t18-/m1/s1. The van der Waals surface area contributed by atoms with Crippen LogP contribution in [0.5, 0.6) is 5.75 Å². The topological polar surface area (TPSA) is 81.7 Å². The fourth-order valence-electron chi connectivity index (χ4n) is 3.47. The van der Waals surface area contributed by atoms with Crippen LogP contribution in [0.15, 0.2) is 18.2 Å². The molecule has 1 N–H and O–H groups in total. The first-order chi connectivity index (χ1) is 16.0. The van der Waals surface area contributed by atoms with Gasteiger partial charge in [-0.05, 0) is 75.1 Å². The number of alkyl halides is 3. The Morgan fingerprint density at radius 3 is 2.56 bits per heavy atom. The molecule has 10 heteroatoms. The van der Waals surface area contributed by atoms with E-state index in [2.05, 4.69) is 5.32 Å². The van der Waals surface area contributed by atoms with Gasteiger partial charge in [0.2, 0.25) is 0 Å². The predicted octanol–water partition coefficient (Wildman–Crippen LogP) is 4.73.